The Balaban J connectivity index is 1.52. The number of rotatable bonds is 6. The van der Waals surface area contributed by atoms with Crippen LogP contribution in [-0.4, -0.2) is 41.9 Å². The van der Waals surface area contributed by atoms with Gasteiger partial charge < -0.3 is 9.84 Å². The molecule has 1 N–H and O–H groups in total. The monoisotopic (exact) mass is 474 g/mol. The van der Waals surface area contributed by atoms with E-state index in [1.165, 1.54) is 15.6 Å². The van der Waals surface area contributed by atoms with Crippen LogP contribution in [0.5, 0.6) is 0 Å². The van der Waals surface area contributed by atoms with Gasteiger partial charge in [0.25, 0.3) is 0 Å². The molecule has 3 aromatic rings. The standard InChI is InChI=1S/C22H26N4O4S2/c1-4-20-24-21(25-30-20)18-12-19(15(3)31-18)32(28,29)26-10-6-8-16(13-26)22(27)23-17-9-5-7-14(2)11-17/h5,7,9,11-12,16H,4,6,8,10,13H2,1-3H3,(H,23,27)/t16-/m1/s1. The summed E-state index contributed by atoms with van der Waals surface area (Å²) in [6.45, 7) is 6.19. The van der Waals surface area contributed by atoms with Gasteiger partial charge in [0.2, 0.25) is 27.6 Å². The summed E-state index contributed by atoms with van der Waals surface area (Å²) in [7, 11) is -3.75. The van der Waals surface area contributed by atoms with Gasteiger partial charge in [-0.1, -0.05) is 24.2 Å². The second-order valence-corrected chi connectivity index (χ2v) is 11.1. The molecule has 1 saturated heterocycles. The average Bonchev–Trinajstić information content (AvgIpc) is 3.40. The summed E-state index contributed by atoms with van der Waals surface area (Å²) in [5.41, 5.74) is 1.77. The maximum atomic E-state index is 13.4. The molecule has 0 bridgehead atoms. The van der Waals surface area contributed by atoms with Crippen molar-refractivity contribution in [3.8, 4) is 10.7 Å². The molecule has 32 heavy (non-hydrogen) atoms. The van der Waals surface area contributed by atoms with E-state index in [2.05, 4.69) is 15.5 Å². The Morgan fingerprint density at radius 2 is 2.12 bits per heavy atom. The quantitative estimate of drug-likeness (QED) is 0.579. The van der Waals surface area contributed by atoms with Crippen molar-refractivity contribution in [2.24, 2.45) is 5.92 Å². The van der Waals surface area contributed by atoms with Crippen molar-refractivity contribution in [2.45, 2.75) is 44.9 Å². The molecule has 170 valence electrons. The highest BCUT2D eigenvalue weighted by atomic mass is 32.2. The van der Waals surface area contributed by atoms with Crippen LogP contribution in [0.4, 0.5) is 5.69 Å². The minimum Gasteiger partial charge on any atom is -0.339 e. The van der Waals surface area contributed by atoms with Crippen LogP contribution >= 0.6 is 11.3 Å². The van der Waals surface area contributed by atoms with Gasteiger partial charge in [-0.15, -0.1) is 11.3 Å². The van der Waals surface area contributed by atoms with Crippen molar-refractivity contribution in [1.82, 2.24) is 14.4 Å². The van der Waals surface area contributed by atoms with E-state index in [4.69, 9.17) is 4.52 Å². The van der Waals surface area contributed by atoms with E-state index in [1.54, 1.807) is 13.0 Å². The number of benzene rings is 1. The topological polar surface area (TPSA) is 105 Å². The van der Waals surface area contributed by atoms with Crippen molar-refractivity contribution in [3.05, 3.63) is 46.7 Å². The van der Waals surface area contributed by atoms with Crippen LogP contribution in [0, 0.1) is 19.8 Å². The summed E-state index contributed by atoms with van der Waals surface area (Å²) >= 11 is 1.32. The Hall–Kier alpha value is -2.56. The van der Waals surface area contributed by atoms with E-state index < -0.39 is 15.9 Å². The molecule has 0 saturated carbocycles. The largest absolute Gasteiger partial charge is 0.339 e. The third kappa shape index (κ3) is 4.62. The number of anilines is 1. The molecule has 2 aromatic heterocycles. The number of aromatic nitrogens is 2. The number of aryl methyl sites for hydroxylation is 3. The highest BCUT2D eigenvalue weighted by Crippen LogP contribution is 2.35. The maximum absolute atomic E-state index is 13.4. The van der Waals surface area contributed by atoms with E-state index in [0.717, 1.165) is 11.3 Å². The molecular formula is C22H26N4O4S2. The highest BCUT2D eigenvalue weighted by molar-refractivity contribution is 7.89. The minimum atomic E-state index is -3.75. The second-order valence-electron chi connectivity index (χ2n) is 7.96. The smallest absolute Gasteiger partial charge is 0.244 e. The van der Waals surface area contributed by atoms with Gasteiger partial charge in [0, 0.05) is 30.1 Å². The van der Waals surface area contributed by atoms with E-state index in [0.29, 0.717) is 47.3 Å². The highest BCUT2D eigenvalue weighted by Gasteiger charge is 2.35. The van der Waals surface area contributed by atoms with Gasteiger partial charge in [0.15, 0.2) is 0 Å². The van der Waals surface area contributed by atoms with Crippen LogP contribution in [-0.2, 0) is 21.2 Å². The molecule has 1 aliphatic heterocycles. The number of nitrogens with zero attached hydrogens (tertiary/aromatic N) is 3. The first-order chi connectivity index (χ1) is 15.3. The van der Waals surface area contributed by atoms with Crippen LogP contribution in [0.2, 0.25) is 0 Å². The van der Waals surface area contributed by atoms with E-state index in [-0.39, 0.29) is 17.3 Å². The first-order valence-corrected chi connectivity index (χ1v) is 12.8. The normalized spacial score (nSPS) is 17.4. The number of hydrogen-bond donors (Lipinski definition) is 1. The fourth-order valence-electron chi connectivity index (χ4n) is 3.81. The van der Waals surface area contributed by atoms with E-state index in [9.17, 15) is 13.2 Å². The third-order valence-corrected chi connectivity index (χ3v) is 8.69. The van der Waals surface area contributed by atoms with Crippen LogP contribution in [0.3, 0.4) is 0 Å². The molecule has 1 amide bonds. The lowest BCUT2D eigenvalue weighted by molar-refractivity contribution is -0.120. The Bertz CT molecular complexity index is 1230. The van der Waals surface area contributed by atoms with Gasteiger partial charge in [-0.25, -0.2) is 8.42 Å². The number of nitrogens with one attached hydrogen (secondary N) is 1. The molecule has 8 nitrogen and oxygen atoms in total. The first-order valence-electron chi connectivity index (χ1n) is 10.6. The van der Waals surface area contributed by atoms with Crippen molar-refractivity contribution in [2.75, 3.05) is 18.4 Å². The fraction of sp³-hybridized carbons (Fsp3) is 0.409. The number of hydrogen-bond acceptors (Lipinski definition) is 7. The molecule has 1 fully saturated rings. The van der Waals surface area contributed by atoms with Gasteiger partial charge in [0.05, 0.1) is 15.7 Å². The molecule has 10 heteroatoms. The molecule has 4 rings (SSSR count). The summed E-state index contributed by atoms with van der Waals surface area (Å²) in [5, 5.41) is 6.87. The Kier molecular flexibility index (Phi) is 6.45. The summed E-state index contributed by atoms with van der Waals surface area (Å²) in [4.78, 5) is 18.7. The predicted molar refractivity (Wildman–Crippen MR) is 123 cm³/mol. The van der Waals surface area contributed by atoms with Crippen molar-refractivity contribution in [1.29, 1.82) is 0 Å². The molecular weight excluding hydrogens is 448 g/mol. The molecule has 0 radical (unpaired) electrons. The molecule has 0 unspecified atom stereocenters. The number of sulfonamides is 1. The third-order valence-electron chi connectivity index (χ3n) is 5.52. The number of thiophene rings is 1. The first kappa shape index (κ1) is 22.6. The lowest BCUT2D eigenvalue weighted by Gasteiger charge is -2.31. The zero-order valence-corrected chi connectivity index (χ0v) is 19.9. The van der Waals surface area contributed by atoms with Gasteiger partial charge in [-0.05, 0) is 50.5 Å². The molecule has 1 atom stereocenters. The van der Waals surface area contributed by atoms with Crippen molar-refractivity contribution >= 4 is 33.0 Å². The molecule has 1 aromatic carbocycles. The van der Waals surface area contributed by atoms with E-state index >= 15 is 0 Å². The lowest BCUT2D eigenvalue weighted by atomic mass is 9.98. The maximum Gasteiger partial charge on any atom is 0.244 e. The number of piperidine rings is 1. The summed E-state index contributed by atoms with van der Waals surface area (Å²) in [5.74, 6) is 0.346. The Labute approximate surface area is 191 Å². The van der Waals surface area contributed by atoms with Gasteiger partial charge in [-0.2, -0.15) is 9.29 Å². The van der Waals surface area contributed by atoms with Crippen molar-refractivity contribution < 1.29 is 17.7 Å². The Morgan fingerprint density at radius 3 is 2.84 bits per heavy atom. The summed E-state index contributed by atoms with van der Waals surface area (Å²) < 4.78 is 33.4. The van der Waals surface area contributed by atoms with Crippen molar-refractivity contribution in [3.63, 3.8) is 0 Å². The Morgan fingerprint density at radius 1 is 1.31 bits per heavy atom. The summed E-state index contributed by atoms with van der Waals surface area (Å²) in [6.07, 6.45) is 1.90. The lowest BCUT2D eigenvalue weighted by Crippen LogP contribution is -2.43. The number of carbonyl (C=O) groups excluding carboxylic acids is 1. The number of carbonyl (C=O) groups is 1. The van der Waals surface area contributed by atoms with Crippen LogP contribution < -0.4 is 5.32 Å². The average molecular weight is 475 g/mol. The van der Waals surface area contributed by atoms with Crippen LogP contribution in [0.1, 0.15) is 36.1 Å². The molecule has 3 heterocycles. The summed E-state index contributed by atoms with van der Waals surface area (Å²) in [6, 6.07) is 9.18. The number of amides is 1. The van der Waals surface area contributed by atoms with Gasteiger partial charge >= 0.3 is 0 Å². The van der Waals surface area contributed by atoms with Gasteiger partial charge in [0.1, 0.15) is 0 Å². The zero-order valence-electron chi connectivity index (χ0n) is 18.3. The predicted octanol–water partition coefficient (Wildman–Crippen LogP) is 4.02. The van der Waals surface area contributed by atoms with E-state index in [1.807, 2.05) is 38.1 Å². The molecule has 1 aliphatic rings. The molecule has 0 aliphatic carbocycles. The SMILES string of the molecule is CCc1nc(-c2cc(S(=O)(=O)N3CCC[C@@H](C(=O)Nc4cccc(C)c4)C3)c(C)s2)no1. The van der Waals surface area contributed by atoms with Gasteiger partial charge in [-0.3, -0.25) is 4.79 Å². The molecule has 0 spiro atoms. The van der Waals surface area contributed by atoms with Crippen LogP contribution in [0.15, 0.2) is 39.8 Å². The zero-order chi connectivity index (χ0) is 22.9. The van der Waals surface area contributed by atoms with Crippen LogP contribution in [0.25, 0.3) is 10.7 Å². The second kappa shape index (κ2) is 9.13. The minimum absolute atomic E-state index is 0.155. The fourth-order valence-corrected chi connectivity index (χ4v) is 6.82.